The van der Waals surface area contributed by atoms with E-state index in [4.69, 9.17) is 0 Å². The second-order valence-corrected chi connectivity index (χ2v) is 5.26. The van der Waals surface area contributed by atoms with Gasteiger partial charge in [0.15, 0.2) is 5.78 Å². The van der Waals surface area contributed by atoms with Gasteiger partial charge in [-0.2, -0.15) is 0 Å². The van der Waals surface area contributed by atoms with Crippen molar-refractivity contribution in [3.63, 3.8) is 0 Å². The number of carbonyl (C=O) groups is 1. The van der Waals surface area contributed by atoms with Crippen molar-refractivity contribution < 1.29 is 4.79 Å². The number of likely N-dealkylation sites (tertiary alicyclic amines) is 1. The molecule has 0 atom stereocenters. The van der Waals surface area contributed by atoms with Crippen LogP contribution in [0, 0.1) is 0 Å². The van der Waals surface area contributed by atoms with Crippen molar-refractivity contribution in [1.82, 2.24) is 9.80 Å². The molecular weight excluding hydrogens is 224 g/mol. The summed E-state index contributed by atoms with van der Waals surface area (Å²) < 4.78 is 0. The number of hydrogen-bond acceptors (Lipinski definition) is 3. The van der Waals surface area contributed by atoms with Crippen LogP contribution in [0.4, 0.5) is 0 Å². The van der Waals surface area contributed by atoms with Crippen LogP contribution in [0.1, 0.15) is 23.2 Å². The highest BCUT2D eigenvalue weighted by Gasteiger charge is 2.22. The topological polar surface area (TPSA) is 23.6 Å². The molecular formula is C15H22N2O. The van der Waals surface area contributed by atoms with Crippen molar-refractivity contribution in [2.45, 2.75) is 18.9 Å². The highest BCUT2D eigenvalue weighted by atomic mass is 16.1. The van der Waals surface area contributed by atoms with Crippen LogP contribution in [0.25, 0.3) is 0 Å². The Morgan fingerprint density at radius 1 is 1.22 bits per heavy atom. The second-order valence-electron chi connectivity index (χ2n) is 5.26. The van der Waals surface area contributed by atoms with Crippen LogP contribution in [0.2, 0.25) is 0 Å². The number of Topliss-reactive ketones (excluding diaryl/α,β-unsaturated/α-hetero) is 1. The van der Waals surface area contributed by atoms with E-state index in [1.807, 2.05) is 30.3 Å². The summed E-state index contributed by atoms with van der Waals surface area (Å²) in [7, 11) is 4.27. The first-order chi connectivity index (χ1) is 8.66. The molecule has 0 radical (unpaired) electrons. The molecule has 0 aliphatic carbocycles. The number of piperidine rings is 1. The molecule has 0 unspecified atom stereocenters. The summed E-state index contributed by atoms with van der Waals surface area (Å²) in [6.07, 6.45) is 2.32. The average molecular weight is 246 g/mol. The third kappa shape index (κ3) is 3.40. The van der Waals surface area contributed by atoms with Crippen molar-refractivity contribution in [1.29, 1.82) is 0 Å². The van der Waals surface area contributed by atoms with E-state index in [2.05, 4.69) is 23.9 Å². The fraction of sp³-hybridized carbons (Fsp3) is 0.533. The number of benzene rings is 1. The first-order valence-electron chi connectivity index (χ1n) is 6.64. The minimum absolute atomic E-state index is 0.235. The summed E-state index contributed by atoms with van der Waals surface area (Å²) in [6, 6.07) is 10.3. The Labute approximate surface area is 109 Å². The molecule has 1 saturated heterocycles. The molecule has 98 valence electrons. The summed E-state index contributed by atoms with van der Waals surface area (Å²) in [5, 5.41) is 0. The number of nitrogens with zero attached hydrogens (tertiary/aromatic N) is 2. The maximum absolute atomic E-state index is 12.1. The molecule has 18 heavy (non-hydrogen) atoms. The van der Waals surface area contributed by atoms with E-state index in [-0.39, 0.29) is 5.78 Å². The van der Waals surface area contributed by atoms with E-state index < -0.39 is 0 Å². The largest absolute Gasteiger partial charge is 0.306 e. The molecule has 0 amide bonds. The molecule has 0 bridgehead atoms. The lowest BCUT2D eigenvalue weighted by Gasteiger charge is -2.34. The molecule has 1 aliphatic heterocycles. The van der Waals surface area contributed by atoms with Crippen molar-refractivity contribution in [3.05, 3.63) is 35.9 Å². The van der Waals surface area contributed by atoms with Crippen LogP contribution >= 0.6 is 0 Å². The third-order valence-electron chi connectivity index (χ3n) is 3.75. The molecule has 1 aromatic carbocycles. The maximum Gasteiger partial charge on any atom is 0.176 e. The Morgan fingerprint density at radius 2 is 1.83 bits per heavy atom. The molecule has 1 aromatic rings. The van der Waals surface area contributed by atoms with Crippen molar-refractivity contribution in [3.8, 4) is 0 Å². The average Bonchev–Trinajstić information content (AvgIpc) is 2.40. The van der Waals surface area contributed by atoms with Crippen LogP contribution in [-0.4, -0.2) is 55.4 Å². The molecule has 1 heterocycles. The molecule has 0 N–H and O–H groups in total. The van der Waals surface area contributed by atoms with Gasteiger partial charge >= 0.3 is 0 Å². The van der Waals surface area contributed by atoms with Gasteiger partial charge in [0.05, 0.1) is 6.54 Å². The number of rotatable bonds is 4. The lowest BCUT2D eigenvalue weighted by molar-refractivity contribution is 0.0874. The van der Waals surface area contributed by atoms with E-state index in [0.29, 0.717) is 12.6 Å². The van der Waals surface area contributed by atoms with E-state index >= 15 is 0 Å². The SMILES string of the molecule is CN(C)C1CCN(CC(=O)c2ccccc2)CC1. The van der Waals surface area contributed by atoms with Gasteiger partial charge in [-0.3, -0.25) is 9.69 Å². The molecule has 3 heteroatoms. The lowest BCUT2D eigenvalue weighted by Crippen LogP contribution is -2.43. The summed E-state index contributed by atoms with van der Waals surface area (Å²) in [4.78, 5) is 16.6. The Hall–Kier alpha value is -1.19. The standard InChI is InChI=1S/C15H22N2O/c1-16(2)14-8-10-17(11-9-14)12-15(18)13-6-4-3-5-7-13/h3-7,14H,8-12H2,1-2H3. The number of carbonyl (C=O) groups excluding carboxylic acids is 1. The predicted octanol–water partition coefficient (Wildman–Crippen LogP) is 1.90. The molecule has 2 rings (SSSR count). The van der Waals surface area contributed by atoms with Crippen molar-refractivity contribution in [2.24, 2.45) is 0 Å². The van der Waals surface area contributed by atoms with Crippen LogP contribution in [0.3, 0.4) is 0 Å². The van der Waals surface area contributed by atoms with Crippen LogP contribution < -0.4 is 0 Å². The smallest absolute Gasteiger partial charge is 0.176 e. The highest BCUT2D eigenvalue weighted by molar-refractivity contribution is 5.97. The Morgan fingerprint density at radius 3 is 2.39 bits per heavy atom. The van der Waals surface area contributed by atoms with Gasteiger partial charge in [-0.1, -0.05) is 30.3 Å². The number of ketones is 1. The fourth-order valence-electron chi connectivity index (χ4n) is 2.51. The van der Waals surface area contributed by atoms with E-state index in [1.165, 1.54) is 0 Å². The maximum atomic E-state index is 12.1. The summed E-state index contributed by atoms with van der Waals surface area (Å²) >= 11 is 0. The summed E-state index contributed by atoms with van der Waals surface area (Å²) in [5.41, 5.74) is 0.826. The molecule has 0 spiro atoms. The van der Waals surface area contributed by atoms with Crippen LogP contribution in [0.5, 0.6) is 0 Å². The summed E-state index contributed by atoms with van der Waals surface area (Å²) in [5.74, 6) is 0.235. The molecule has 3 nitrogen and oxygen atoms in total. The Balaban J connectivity index is 1.83. The van der Waals surface area contributed by atoms with Gasteiger partial charge in [-0.05, 0) is 26.9 Å². The van der Waals surface area contributed by atoms with Gasteiger partial charge in [-0.15, -0.1) is 0 Å². The zero-order valence-electron chi connectivity index (χ0n) is 11.3. The van der Waals surface area contributed by atoms with E-state index in [1.54, 1.807) is 0 Å². The highest BCUT2D eigenvalue weighted by Crippen LogP contribution is 2.14. The van der Waals surface area contributed by atoms with Crippen LogP contribution in [-0.2, 0) is 0 Å². The molecule has 1 aliphatic rings. The molecule has 0 aromatic heterocycles. The second kappa shape index (κ2) is 6.12. The van der Waals surface area contributed by atoms with E-state index in [9.17, 15) is 4.79 Å². The van der Waals surface area contributed by atoms with Crippen molar-refractivity contribution in [2.75, 3.05) is 33.7 Å². The van der Waals surface area contributed by atoms with E-state index in [0.717, 1.165) is 31.5 Å². The van der Waals surface area contributed by atoms with Gasteiger partial charge in [0.25, 0.3) is 0 Å². The van der Waals surface area contributed by atoms with Gasteiger partial charge < -0.3 is 4.90 Å². The number of hydrogen-bond donors (Lipinski definition) is 0. The first-order valence-corrected chi connectivity index (χ1v) is 6.64. The van der Waals surface area contributed by atoms with Crippen LogP contribution in [0.15, 0.2) is 30.3 Å². The first kappa shape index (κ1) is 13.2. The zero-order valence-corrected chi connectivity index (χ0v) is 11.3. The molecule has 1 fully saturated rings. The molecule has 0 saturated carbocycles. The van der Waals surface area contributed by atoms with Crippen molar-refractivity contribution >= 4 is 5.78 Å². The third-order valence-corrected chi connectivity index (χ3v) is 3.75. The monoisotopic (exact) mass is 246 g/mol. The van der Waals surface area contributed by atoms with Gasteiger partial charge in [0.2, 0.25) is 0 Å². The van der Waals surface area contributed by atoms with Gasteiger partial charge in [0.1, 0.15) is 0 Å². The minimum atomic E-state index is 0.235. The fourth-order valence-corrected chi connectivity index (χ4v) is 2.51. The van der Waals surface area contributed by atoms with Gasteiger partial charge in [0, 0.05) is 24.7 Å². The normalized spacial score (nSPS) is 18.2. The zero-order chi connectivity index (χ0) is 13.0. The summed E-state index contributed by atoms with van der Waals surface area (Å²) in [6.45, 7) is 2.62. The predicted molar refractivity (Wildman–Crippen MR) is 73.9 cm³/mol. The lowest BCUT2D eigenvalue weighted by atomic mass is 10.0. The quantitative estimate of drug-likeness (QED) is 0.758. The minimum Gasteiger partial charge on any atom is -0.306 e. The Kier molecular flexibility index (Phi) is 4.50. The Bertz CT molecular complexity index is 381. The van der Waals surface area contributed by atoms with Gasteiger partial charge in [-0.25, -0.2) is 0 Å².